The van der Waals surface area contributed by atoms with Crippen LogP contribution in [0.5, 0.6) is 11.5 Å². The molecule has 7 heteroatoms. The van der Waals surface area contributed by atoms with Crippen LogP contribution in [-0.4, -0.2) is 67.0 Å². The maximum atomic E-state index is 13.1. The first kappa shape index (κ1) is 25.3. The Labute approximate surface area is 201 Å². The molecule has 34 heavy (non-hydrogen) atoms. The molecule has 1 aliphatic rings. The number of hydrogen-bond acceptors (Lipinski definition) is 6. The lowest BCUT2D eigenvalue weighted by atomic mass is 9.95. The Morgan fingerprint density at radius 3 is 2.24 bits per heavy atom. The number of benzene rings is 2. The van der Waals surface area contributed by atoms with Crippen molar-refractivity contribution in [3.63, 3.8) is 0 Å². The van der Waals surface area contributed by atoms with Gasteiger partial charge in [-0.3, -0.25) is 9.59 Å². The van der Waals surface area contributed by atoms with Crippen LogP contribution in [0.3, 0.4) is 0 Å². The van der Waals surface area contributed by atoms with Crippen molar-refractivity contribution >= 4 is 17.4 Å². The van der Waals surface area contributed by atoms with E-state index in [1.54, 1.807) is 24.3 Å². The van der Waals surface area contributed by atoms with Crippen molar-refractivity contribution in [2.24, 2.45) is 0 Å². The zero-order valence-electron chi connectivity index (χ0n) is 20.4. The zero-order valence-corrected chi connectivity index (χ0v) is 20.4. The van der Waals surface area contributed by atoms with Crippen LogP contribution in [0.25, 0.3) is 5.76 Å². The number of nitrogens with zero attached hydrogens (tertiary/aromatic N) is 2. The molecule has 3 rings (SSSR count). The van der Waals surface area contributed by atoms with E-state index in [0.29, 0.717) is 43.4 Å². The fourth-order valence-electron chi connectivity index (χ4n) is 3.84. The number of aliphatic hydroxyl groups is 1. The first-order valence-corrected chi connectivity index (χ1v) is 11.8. The number of ketones is 1. The summed E-state index contributed by atoms with van der Waals surface area (Å²) in [5, 5.41) is 11.2. The van der Waals surface area contributed by atoms with E-state index in [1.807, 2.05) is 57.1 Å². The van der Waals surface area contributed by atoms with Crippen molar-refractivity contribution in [1.82, 2.24) is 9.80 Å². The molecule has 182 valence electrons. The van der Waals surface area contributed by atoms with E-state index in [4.69, 9.17) is 9.47 Å². The molecule has 0 bridgehead atoms. The summed E-state index contributed by atoms with van der Waals surface area (Å²) in [5.74, 6) is -0.154. The Hall–Kier alpha value is -3.32. The summed E-state index contributed by atoms with van der Waals surface area (Å²) in [7, 11) is 3.82. The first-order chi connectivity index (χ1) is 16.4. The molecule has 0 aliphatic carbocycles. The van der Waals surface area contributed by atoms with E-state index < -0.39 is 17.7 Å². The number of carbonyl (C=O) groups is 2. The van der Waals surface area contributed by atoms with Gasteiger partial charge in [-0.25, -0.2) is 0 Å². The molecule has 1 aliphatic heterocycles. The van der Waals surface area contributed by atoms with Gasteiger partial charge in [0.2, 0.25) is 0 Å². The van der Waals surface area contributed by atoms with Gasteiger partial charge in [0, 0.05) is 18.7 Å². The Balaban J connectivity index is 2.05. The highest BCUT2D eigenvalue weighted by atomic mass is 16.5. The van der Waals surface area contributed by atoms with Gasteiger partial charge in [0.1, 0.15) is 17.3 Å². The number of carbonyl (C=O) groups excluding carboxylic acids is 2. The average molecular weight is 467 g/mol. The Morgan fingerprint density at radius 2 is 1.62 bits per heavy atom. The third kappa shape index (κ3) is 5.78. The summed E-state index contributed by atoms with van der Waals surface area (Å²) in [6, 6.07) is 13.6. The molecule has 0 spiro atoms. The lowest BCUT2D eigenvalue weighted by molar-refractivity contribution is -0.140. The Bertz CT molecular complexity index is 1030. The molecule has 1 amide bonds. The van der Waals surface area contributed by atoms with Gasteiger partial charge >= 0.3 is 0 Å². The van der Waals surface area contributed by atoms with E-state index in [0.717, 1.165) is 18.4 Å². The number of Topliss-reactive ketones (excluding diaryl/α,β-unsaturated/α-hetero) is 1. The number of likely N-dealkylation sites (N-methyl/N-ethyl adjacent to an activating group) is 1. The molecule has 1 unspecified atom stereocenters. The van der Waals surface area contributed by atoms with Gasteiger partial charge in [-0.1, -0.05) is 26.0 Å². The summed E-state index contributed by atoms with van der Waals surface area (Å²) in [6.45, 7) is 6.15. The van der Waals surface area contributed by atoms with Crippen LogP contribution in [0.15, 0.2) is 54.1 Å². The third-order valence-electron chi connectivity index (χ3n) is 5.58. The van der Waals surface area contributed by atoms with Gasteiger partial charge in [-0.2, -0.15) is 0 Å². The molecule has 1 N–H and O–H groups in total. The number of ether oxygens (including phenoxy) is 2. The van der Waals surface area contributed by atoms with Crippen molar-refractivity contribution in [3.8, 4) is 11.5 Å². The van der Waals surface area contributed by atoms with Gasteiger partial charge in [0.25, 0.3) is 11.7 Å². The second kappa shape index (κ2) is 11.7. The lowest BCUT2D eigenvalue weighted by Crippen LogP contribution is -2.35. The summed E-state index contributed by atoms with van der Waals surface area (Å²) in [6.07, 6.45) is 1.75. The maximum Gasteiger partial charge on any atom is 0.295 e. The third-order valence-corrected chi connectivity index (χ3v) is 5.58. The average Bonchev–Trinajstić information content (AvgIpc) is 3.09. The van der Waals surface area contributed by atoms with Crippen LogP contribution in [0, 0.1) is 0 Å². The van der Waals surface area contributed by atoms with Crippen LogP contribution >= 0.6 is 0 Å². The van der Waals surface area contributed by atoms with Crippen molar-refractivity contribution in [3.05, 3.63) is 65.2 Å². The number of rotatable bonds is 11. The summed E-state index contributed by atoms with van der Waals surface area (Å²) >= 11 is 0. The largest absolute Gasteiger partial charge is 0.507 e. The Morgan fingerprint density at radius 1 is 0.971 bits per heavy atom. The van der Waals surface area contributed by atoms with Crippen LogP contribution in [0.2, 0.25) is 0 Å². The van der Waals surface area contributed by atoms with Crippen molar-refractivity contribution in [1.29, 1.82) is 0 Å². The highest BCUT2D eigenvalue weighted by Crippen LogP contribution is 2.40. The minimum absolute atomic E-state index is 0.0821. The SMILES string of the molecule is CCCOc1ccc(/C(O)=C2/C(=O)C(=O)N(CCN(C)C)C2c2cccc(OCCC)c2)cc1. The van der Waals surface area contributed by atoms with Crippen molar-refractivity contribution < 1.29 is 24.2 Å². The van der Waals surface area contributed by atoms with Gasteiger partial charge in [0.15, 0.2) is 0 Å². The van der Waals surface area contributed by atoms with E-state index in [-0.39, 0.29) is 11.3 Å². The molecule has 7 nitrogen and oxygen atoms in total. The maximum absolute atomic E-state index is 13.1. The van der Waals surface area contributed by atoms with E-state index in [2.05, 4.69) is 0 Å². The molecule has 0 radical (unpaired) electrons. The van der Waals surface area contributed by atoms with Crippen LogP contribution in [0.1, 0.15) is 43.9 Å². The zero-order chi connectivity index (χ0) is 24.7. The van der Waals surface area contributed by atoms with Crippen molar-refractivity contribution in [2.75, 3.05) is 40.4 Å². The van der Waals surface area contributed by atoms with Crippen LogP contribution in [0.4, 0.5) is 0 Å². The molecule has 1 saturated heterocycles. The minimum Gasteiger partial charge on any atom is -0.507 e. The summed E-state index contributed by atoms with van der Waals surface area (Å²) in [4.78, 5) is 29.7. The normalized spacial score (nSPS) is 17.4. The molecule has 1 atom stereocenters. The standard InChI is InChI=1S/C27H34N2O5/c1-5-16-33-21-12-10-19(11-13-21)25(30)23-24(20-8-7-9-22(18-20)34-17-6-2)29(15-14-28(3)4)27(32)26(23)31/h7-13,18,24,30H,5-6,14-17H2,1-4H3/b25-23-. The number of likely N-dealkylation sites (tertiary alicyclic amines) is 1. The predicted molar refractivity (Wildman–Crippen MR) is 132 cm³/mol. The molecule has 1 heterocycles. The summed E-state index contributed by atoms with van der Waals surface area (Å²) in [5.41, 5.74) is 1.26. The second-order valence-electron chi connectivity index (χ2n) is 8.59. The van der Waals surface area contributed by atoms with Crippen molar-refractivity contribution in [2.45, 2.75) is 32.7 Å². The van der Waals surface area contributed by atoms with E-state index >= 15 is 0 Å². The van der Waals surface area contributed by atoms with Crippen LogP contribution < -0.4 is 9.47 Å². The fraction of sp³-hybridized carbons (Fsp3) is 0.407. The van der Waals surface area contributed by atoms with Gasteiger partial charge < -0.3 is 24.4 Å². The smallest absolute Gasteiger partial charge is 0.295 e. The molecule has 0 aromatic heterocycles. The highest BCUT2D eigenvalue weighted by molar-refractivity contribution is 6.46. The number of aliphatic hydroxyl groups excluding tert-OH is 1. The van der Waals surface area contributed by atoms with Gasteiger partial charge in [-0.05, 0) is 68.9 Å². The molecule has 0 saturated carbocycles. The molecule has 1 fully saturated rings. The second-order valence-corrected chi connectivity index (χ2v) is 8.59. The predicted octanol–water partition coefficient (Wildman–Crippen LogP) is 4.25. The molecule has 2 aromatic rings. The summed E-state index contributed by atoms with van der Waals surface area (Å²) < 4.78 is 11.4. The fourth-order valence-corrected chi connectivity index (χ4v) is 3.84. The number of hydrogen-bond donors (Lipinski definition) is 1. The first-order valence-electron chi connectivity index (χ1n) is 11.8. The van der Waals surface area contributed by atoms with Crippen LogP contribution in [-0.2, 0) is 9.59 Å². The van der Waals surface area contributed by atoms with Gasteiger partial charge in [0.05, 0.1) is 24.8 Å². The van der Waals surface area contributed by atoms with Gasteiger partial charge in [-0.15, -0.1) is 0 Å². The van der Waals surface area contributed by atoms with E-state index in [1.165, 1.54) is 4.90 Å². The number of amides is 1. The molecule has 2 aromatic carbocycles. The topological polar surface area (TPSA) is 79.3 Å². The highest BCUT2D eigenvalue weighted by Gasteiger charge is 2.46. The lowest BCUT2D eigenvalue weighted by Gasteiger charge is -2.27. The minimum atomic E-state index is -0.707. The monoisotopic (exact) mass is 466 g/mol. The molecular weight excluding hydrogens is 432 g/mol. The Kier molecular flexibility index (Phi) is 8.71. The van der Waals surface area contributed by atoms with E-state index in [9.17, 15) is 14.7 Å². The molecular formula is C27H34N2O5. The quantitative estimate of drug-likeness (QED) is 0.303.